The Morgan fingerprint density at radius 2 is 2.40 bits per heavy atom. The Morgan fingerprint density at radius 3 is 2.93 bits per heavy atom. The number of hydrogen-bond acceptors (Lipinski definition) is 3. The predicted octanol–water partition coefficient (Wildman–Crippen LogP) is 2.01. The van der Waals surface area contributed by atoms with Crippen molar-refractivity contribution in [3.05, 3.63) is 24.2 Å². The van der Waals surface area contributed by atoms with Crippen molar-refractivity contribution in [3.8, 4) is 0 Å². The van der Waals surface area contributed by atoms with Gasteiger partial charge in [-0.05, 0) is 37.9 Å². The lowest BCUT2D eigenvalue weighted by molar-refractivity contribution is 0.0653. The summed E-state index contributed by atoms with van der Waals surface area (Å²) in [5.74, 6) is 0.982. The molecule has 3 heteroatoms. The molecule has 0 aromatic carbocycles. The standard InChI is InChI=1S/C12H19NO2/c1-2-13(9-10-5-4-8-15-10)11-6-3-7-12(11)14/h4-5,8,11-12,14H,2-3,6-7,9H2,1H3/t11-,12-/m0/s1. The molecule has 1 heterocycles. The highest BCUT2D eigenvalue weighted by atomic mass is 16.3. The molecule has 1 saturated carbocycles. The zero-order chi connectivity index (χ0) is 10.7. The molecule has 1 aliphatic carbocycles. The van der Waals surface area contributed by atoms with E-state index in [2.05, 4.69) is 11.8 Å². The third kappa shape index (κ3) is 2.41. The maximum absolute atomic E-state index is 9.85. The molecule has 1 fully saturated rings. The van der Waals surface area contributed by atoms with E-state index >= 15 is 0 Å². The fourth-order valence-electron chi connectivity index (χ4n) is 2.41. The van der Waals surface area contributed by atoms with E-state index in [0.717, 1.165) is 38.1 Å². The Kier molecular flexibility index (Phi) is 3.44. The molecular formula is C12H19NO2. The normalized spacial score (nSPS) is 26.3. The van der Waals surface area contributed by atoms with Gasteiger partial charge in [-0.1, -0.05) is 6.92 Å². The van der Waals surface area contributed by atoms with Crippen LogP contribution in [-0.4, -0.2) is 28.7 Å². The number of nitrogens with zero attached hydrogens (tertiary/aromatic N) is 1. The van der Waals surface area contributed by atoms with Crippen molar-refractivity contribution < 1.29 is 9.52 Å². The van der Waals surface area contributed by atoms with E-state index in [4.69, 9.17) is 4.42 Å². The van der Waals surface area contributed by atoms with Crippen LogP contribution in [-0.2, 0) is 6.54 Å². The summed E-state index contributed by atoms with van der Waals surface area (Å²) in [5.41, 5.74) is 0. The summed E-state index contributed by atoms with van der Waals surface area (Å²) in [6.45, 7) is 3.90. The van der Waals surface area contributed by atoms with Gasteiger partial charge in [-0.2, -0.15) is 0 Å². The van der Waals surface area contributed by atoms with Crippen molar-refractivity contribution in [1.82, 2.24) is 4.90 Å². The van der Waals surface area contributed by atoms with Crippen LogP contribution in [0.4, 0.5) is 0 Å². The van der Waals surface area contributed by atoms with Gasteiger partial charge < -0.3 is 9.52 Å². The van der Waals surface area contributed by atoms with Gasteiger partial charge in [-0.25, -0.2) is 0 Å². The van der Waals surface area contributed by atoms with E-state index in [9.17, 15) is 5.11 Å². The molecule has 2 atom stereocenters. The second-order valence-corrected chi connectivity index (χ2v) is 4.21. The van der Waals surface area contributed by atoms with Crippen LogP contribution in [0, 0.1) is 0 Å². The Labute approximate surface area is 90.7 Å². The first-order valence-corrected chi connectivity index (χ1v) is 5.75. The van der Waals surface area contributed by atoms with Crippen LogP contribution in [0.3, 0.4) is 0 Å². The quantitative estimate of drug-likeness (QED) is 0.824. The molecular weight excluding hydrogens is 190 g/mol. The van der Waals surface area contributed by atoms with Crippen molar-refractivity contribution in [1.29, 1.82) is 0 Å². The lowest BCUT2D eigenvalue weighted by atomic mass is 10.1. The zero-order valence-electron chi connectivity index (χ0n) is 9.22. The van der Waals surface area contributed by atoms with Crippen molar-refractivity contribution in [2.45, 2.75) is 44.9 Å². The van der Waals surface area contributed by atoms with Gasteiger partial charge in [0.2, 0.25) is 0 Å². The maximum Gasteiger partial charge on any atom is 0.117 e. The third-order valence-corrected chi connectivity index (χ3v) is 3.26. The lowest BCUT2D eigenvalue weighted by Crippen LogP contribution is -2.39. The number of likely N-dealkylation sites (N-methyl/N-ethyl adjacent to an activating group) is 1. The molecule has 0 amide bonds. The van der Waals surface area contributed by atoms with Crippen LogP contribution in [0.15, 0.2) is 22.8 Å². The number of rotatable bonds is 4. The molecule has 1 N–H and O–H groups in total. The minimum atomic E-state index is -0.153. The summed E-state index contributed by atoms with van der Waals surface area (Å²) >= 11 is 0. The first-order valence-electron chi connectivity index (χ1n) is 5.75. The molecule has 15 heavy (non-hydrogen) atoms. The van der Waals surface area contributed by atoms with Gasteiger partial charge in [-0.3, -0.25) is 4.90 Å². The Balaban J connectivity index is 1.97. The van der Waals surface area contributed by atoms with Crippen LogP contribution in [0.2, 0.25) is 0 Å². The van der Waals surface area contributed by atoms with Gasteiger partial charge in [0.15, 0.2) is 0 Å². The summed E-state index contributed by atoms with van der Waals surface area (Å²) < 4.78 is 5.34. The highest BCUT2D eigenvalue weighted by Crippen LogP contribution is 2.25. The highest BCUT2D eigenvalue weighted by Gasteiger charge is 2.30. The molecule has 2 rings (SSSR count). The number of furan rings is 1. The molecule has 1 aliphatic rings. The van der Waals surface area contributed by atoms with E-state index < -0.39 is 0 Å². The van der Waals surface area contributed by atoms with Crippen LogP contribution in [0.5, 0.6) is 0 Å². The molecule has 0 bridgehead atoms. The molecule has 0 radical (unpaired) electrons. The van der Waals surface area contributed by atoms with Crippen molar-refractivity contribution >= 4 is 0 Å². The number of aliphatic hydroxyl groups is 1. The molecule has 0 unspecified atom stereocenters. The average Bonchev–Trinajstić information content (AvgIpc) is 2.85. The number of hydrogen-bond donors (Lipinski definition) is 1. The Bertz CT molecular complexity index is 284. The molecule has 1 aromatic rings. The van der Waals surface area contributed by atoms with E-state index in [1.54, 1.807) is 6.26 Å². The minimum Gasteiger partial charge on any atom is -0.468 e. The summed E-state index contributed by atoms with van der Waals surface area (Å²) in [5, 5.41) is 9.85. The maximum atomic E-state index is 9.85. The smallest absolute Gasteiger partial charge is 0.117 e. The Morgan fingerprint density at radius 1 is 1.53 bits per heavy atom. The van der Waals surface area contributed by atoms with Crippen LogP contribution in [0.1, 0.15) is 31.9 Å². The fraction of sp³-hybridized carbons (Fsp3) is 0.667. The minimum absolute atomic E-state index is 0.153. The van der Waals surface area contributed by atoms with Crippen molar-refractivity contribution in [2.75, 3.05) is 6.54 Å². The topological polar surface area (TPSA) is 36.6 Å². The van der Waals surface area contributed by atoms with Crippen LogP contribution in [0.25, 0.3) is 0 Å². The second kappa shape index (κ2) is 4.81. The molecule has 0 spiro atoms. The van der Waals surface area contributed by atoms with Crippen molar-refractivity contribution in [3.63, 3.8) is 0 Å². The van der Waals surface area contributed by atoms with E-state index in [1.165, 1.54) is 0 Å². The molecule has 0 aliphatic heterocycles. The monoisotopic (exact) mass is 209 g/mol. The van der Waals surface area contributed by atoms with E-state index in [-0.39, 0.29) is 6.10 Å². The fourth-order valence-corrected chi connectivity index (χ4v) is 2.41. The van der Waals surface area contributed by atoms with E-state index in [1.807, 2.05) is 12.1 Å². The highest BCUT2D eigenvalue weighted by molar-refractivity contribution is 4.99. The largest absolute Gasteiger partial charge is 0.468 e. The van der Waals surface area contributed by atoms with Gasteiger partial charge in [0.25, 0.3) is 0 Å². The lowest BCUT2D eigenvalue weighted by Gasteiger charge is -2.28. The summed E-state index contributed by atoms with van der Waals surface area (Å²) in [6, 6.07) is 4.22. The predicted molar refractivity (Wildman–Crippen MR) is 58.4 cm³/mol. The van der Waals surface area contributed by atoms with Gasteiger partial charge in [-0.15, -0.1) is 0 Å². The van der Waals surface area contributed by atoms with Crippen LogP contribution < -0.4 is 0 Å². The average molecular weight is 209 g/mol. The molecule has 3 nitrogen and oxygen atoms in total. The van der Waals surface area contributed by atoms with E-state index in [0.29, 0.717) is 6.04 Å². The molecule has 0 saturated heterocycles. The van der Waals surface area contributed by atoms with Gasteiger partial charge in [0, 0.05) is 6.04 Å². The SMILES string of the molecule is CCN(Cc1ccco1)[C@H]1CCC[C@@H]1O. The summed E-state index contributed by atoms with van der Waals surface area (Å²) in [4.78, 5) is 2.30. The van der Waals surface area contributed by atoms with Gasteiger partial charge >= 0.3 is 0 Å². The summed E-state index contributed by atoms with van der Waals surface area (Å²) in [6.07, 6.45) is 4.74. The second-order valence-electron chi connectivity index (χ2n) is 4.21. The van der Waals surface area contributed by atoms with Gasteiger partial charge in [0.05, 0.1) is 18.9 Å². The van der Waals surface area contributed by atoms with Gasteiger partial charge in [0.1, 0.15) is 5.76 Å². The van der Waals surface area contributed by atoms with Crippen LogP contribution >= 0.6 is 0 Å². The first-order chi connectivity index (χ1) is 7.31. The molecule has 84 valence electrons. The third-order valence-electron chi connectivity index (χ3n) is 3.26. The Hall–Kier alpha value is -0.800. The number of aliphatic hydroxyl groups excluding tert-OH is 1. The summed E-state index contributed by atoms with van der Waals surface area (Å²) in [7, 11) is 0. The molecule has 1 aromatic heterocycles. The first kappa shape index (κ1) is 10.7. The van der Waals surface area contributed by atoms with Crippen molar-refractivity contribution in [2.24, 2.45) is 0 Å². The zero-order valence-corrected chi connectivity index (χ0v) is 9.22.